The highest BCUT2D eigenvalue weighted by atomic mass is 79.9. The minimum Gasteiger partial charge on any atom is -0.477 e. The SMILES string of the molecule is N#CCOc1c(Br)cc(Cl)cc1C=Nn1c(-c2ccccc2)nc2ccccc2c1=O. The fourth-order valence-corrected chi connectivity index (χ4v) is 4.01. The van der Waals surface area contributed by atoms with E-state index in [1.54, 1.807) is 30.3 Å². The summed E-state index contributed by atoms with van der Waals surface area (Å²) in [6.07, 6.45) is 1.47. The van der Waals surface area contributed by atoms with Crippen molar-refractivity contribution in [1.82, 2.24) is 9.66 Å². The molecular weight excluding hydrogens is 480 g/mol. The van der Waals surface area contributed by atoms with Gasteiger partial charge in [0.2, 0.25) is 0 Å². The fraction of sp³-hybridized carbons (Fsp3) is 0.0435. The van der Waals surface area contributed by atoms with E-state index in [1.165, 1.54) is 10.9 Å². The summed E-state index contributed by atoms with van der Waals surface area (Å²) in [6.45, 7) is -0.145. The average molecular weight is 494 g/mol. The normalized spacial score (nSPS) is 11.0. The minimum absolute atomic E-state index is 0.145. The number of hydrogen-bond acceptors (Lipinski definition) is 5. The number of aromatic nitrogens is 2. The van der Waals surface area contributed by atoms with E-state index in [4.69, 9.17) is 21.6 Å². The molecule has 1 aromatic heterocycles. The number of para-hydroxylation sites is 1. The topological polar surface area (TPSA) is 80.3 Å². The molecule has 0 aliphatic heterocycles. The average Bonchev–Trinajstić information content (AvgIpc) is 2.78. The summed E-state index contributed by atoms with van der Waals surface area (Å²) in [5.41, 5.74) is 1.53. The van der Waals surface area contributed by atoms with Gasteiger partial charge in [0.1, 0.15) is 11.8 Å². The highest BCUT2D eigenvalue weighted by Gasteiger charge is 2.13. The zero-order valence-corrected chi connectivity index (χ0v) is 18.3. The maximum Gasteiger partial charge on any atom is 0.282 e. The Balaban J connectivity index is 1.91. The second kappa shape index (κ2) is 9.13. The van der Waals surface area contributed by atoms with Crippen molar-refractivity contribution in [2.24, 2.45) is 5.10 Å². The smallest absolute Gasteiger partial charge is 0.282 e. The fourth-order valence-electron chi connectivity index (χ4n) is 3.06. The molecule has 0 amide bonds. The largest absolute Gasteiger partial charge is 0.477 e. The third-order valence-corrected chi connectivity index (χ3v) is 5.22. The van der Waals surface area contributed by atoms with Crippen LogP contribution in [0.4, 0.5) is 0 Å². The quantitative estimate of drug-likeness (QED) is 0.355. The lowest BCUT2D eigenvalue weighted by Gasteiger charge is -2.11. The number of hydrogen-bond donors (Lipinski definition) is 0. The maximum atomic E-state index is 13.2. The Bertz CT molecular complexity index is 1390. The second-order valence-electron chi connectivity index (χ2n) is 6.43. The lowest BCUT2D eigenvalue weighted by atomic mass is 10.2. The summed E-state index contributed by atoms with van der Waals surface area (Å²) in [5, 5.41) is 14.2. The van der Waals surface area contributed by atoms with Crippen molar-refractivity contribution in [2.45, 2.75) is 0 Å². The Morgan fingerprint density at radius 1 is 1.16 bits per heavy atom. The molecule has 0 spiro atoms. The van der Waals surface area contributed by atoms with Gasteiger partial charge in [-0.15, -0.1) is 0 Å². The van der Waals surface area contributed by atoms with Crippen LogP contribution in [0.25, 0.3) is 22.3 Å². The molecule has 0 radical (unpaired) electrons. The molecule has 31 heavy (non-hydrogen) atoms. The van der Waals surface area contributed by atoms with Crippen molar-refractivity contribution in [1.29, 1.82) is 5.26 Å². The first-order valence-corrected chi connectivity index (χ1v) is 10.4. The molecule has 0 unspecified atom stereocenters. The van der Waals surface area contributed by atoms with Crippen molar-refractivity contribution >= 4 is 44.6 Å². The van der Waals surface area contributed by atoms with Crippen LogP contribution in [-0.2, 0) is 0 Å². The molecule has 0 saturated carbocycles. The second-order valence-corrected chi connectivity index (χ2v) is 7.72. The predicted octanol–water partition coefficient (Wildman–Crippen LogP) is 5.26. The zero-order chi connectivity index (χ0) is 21.8. The van der Waals surface area contributed by atoms with Crippen molar-refractivity contribution in [3.05, 3.63) is 92.1 Å². The molecule has 0 fully saturated rings. The van der Waals surface area contributed by atoms with E-state index in [1.807, 2.05) is 42.5 Å². The van der Waals surface area contributed by atoms with Crippen molar-refractivity contribution in [2.75, 3.05) is 6.61 Å². The Morgan fingerprint density at radius 3 is 2.68 bits per heavy atom. The first-order valence-electron chi connectivity index (χ1n) is 9.19. The van der Waals surface area contributed by atoms with Gasteiger partial charge in [-0.25, -0.2) is 4.98 Å². The van der Waals surface area contributed by atoms with Crippen LogP contribution >= 0.6 is 27.5 Å². The molecule has 0 atom stereocenters. The first-order chi connectivity index (χ1) is 15.1. The Morgan fingerprint density at radius 2 is 1.90 bits per heavy atom. The number of ether oxygens (including phenoxy) is 1. The van der Waals surface area contributed by atoms with E-state index in [0.29, 0.717) is 37.5 Å². The molecule has 0 aliphatic carbocycles. The third kappa shape index (κ3) is 4.36. The number of halogens is 2. The lowest BCUT2D eigenvalue weighted by Crippen LogP contribution is -2.20. The summed E-state index contributed by atoms with van der Waals surface area (Å²) in [6, 6.07) is 21.7. The molecule has 0 bridgehead atoms. The van der Waals surface area contributed by atoms with Crippen molar-refractivity contribution < 1.29 is 4.74 Å². The Kier molecular flexibility index (Phi) is 6.12. The van der Waals surface area contributed by atoms with E-state index in [2.05, 4.69) is 26.0 Å². The van der Waals surface area contributed by atoms with Gasteiger partial charge in [-0.05, 0) is 40.2 Å². The zero-order valence-electron chi connectivity index (χ0n) is 16.0. The number of nitriles is 1. The number of benzene rings is 3. The van der Waals surface area contributed by atoms with E-state index in [-0.39, 0.29) is 12.2 Å². The maximum absolute atomic E-state index is 13.2. The van der Waals surface area contributed by atoms with Gasteiger partial charge in [-0.1, -0.05) is 54.1 Å². The summed E-state index contributed by atoms with van der Waals surface area (Å²) in [7, 11) is 0. The molecule has 0 saturated heterocycles. The monoisotopic (exact) mass is 492 g/mol. The van der Waals surface area contributed by atoms with Gasteiger partial charge in [-0.2, -0.15) is 15.0 Å². The molecule has 1 heterocycles. The number of rotatable bonds is 5. The minimum atomic E-state index is -0.304. The van der Waals surface area contributed by atoms with Crippen molar-refractivity contribution in [3.63, 3.8) is 0 Å². The lowest BCUT2D eigenvalue weighted by molar-refractivity contribution is 0.365. The summed E-state index contributed by atoms with van der Waals surface area (Å²) in [5.74, 6) is 0.805. The summed E-state index contributed by atoms with van der Waals surface area (Å²) >= 11 is 9.57. The van der Waals surface area contributed by atoms with Gasteiger partial charge in [0.05, 0.1) is 21.6 Å². The third-order valence-electron chi connectivity index (χ3n) is 4.42. The predicted molar refractivity (Wildman–Crippen MR) is 125 cm³/mol. The van der Waals surface area contributed by atoms with Crippen LogP contribution < -0.4 is 10.3 Å². The van der Waals surface area contributed by atoms with Gasteiger partial charge < -0.3 is 4.74 Å². The molecule has 3 aromatic carbocycles. The van der Waals surface area contributed by atoms with Crippen molar-refractivity contribution in [3.8, 4) is 23.2 Å². The van der Waals surface area contributed by atoms with Gasteiger partial charge in [0.25, 0.3) is 5.56 Å². The highest BCUT2D eigenvalue weighted by molar-refractivity contribution is 9.10. The summed E-state index contributed by atoms with van der Waals surface area (Å²) < 4.78 is 7.34. The molecule has 8 heteroatoms. The number of nitrogens with zero attached hydrogens (tertiary/aromatic N) is 4. The van der Waals surface area contributed by atoms with Gasteiger partial charge in [0, 0.05) is 16.1 Å². The van der Waals surface area contributed by atoms with Crippen LogP contribution in [0.3, 0.4) is 0 Å². The molecule has 152 valence electrons. The first kappa shape index (κ1) is 20.8. The van der Waals surface area contributed by atoms with E-state index in [9.17, 15) is 4.79 Å². The van der Waals surface area contributed by atoms with Crippen LogP contribution in [0.1, 0.15) is 5.56 Å². The van der Waals surface area contributed by atoms with Gasteiger partial charge in [-0.3, -0.25) is 4.79 Å². The highest BCUT2D eigenvalue weighted by Crippen LogP contribution is 2.32. The molecule has 0 N–H and O–H groups in total. The van der Waals surface area contributed by atoms with Crippen LogP contribution in [-0.4, -0.2) is 22.5 Å². The van der Waals surface area contributed by atoms with Gasteiger partial charge >= 0.3 is 0 Å². The Hall–Kier alpha value is -3.47. The molecular formula is C23H14BrClN4O2. The summed E-state index contributed by atoms with van der Waals surface area (Å²) in [4.78, 5) is 17.9. The number of fused-ring (bicyclic) bond motifs is 1. The molecule has 4 rings (SSSR count). The van der Waals surface area contributed by atoms with Gasteiger partial charge in [0.15, 0.2) is 12.4 Å². The Labute approximate surface area is 191 Å². The molecule has 4 aromatic rings. The standard InChI is InChI=1S/C23H14BrClN4O2/c24-19-13-17(25)12-16(21(19)31-11-10-26)14-27-29-22(15-6-2-1-3-7-15)28-20-9-5-4-8-18(20)23(29)30/h1-9,12-14H,11H2. The van der Waals surface area contributed by atoms with Crippen LogP contribution in [0.2, 0.25) is 5.02 Å². The molecule has 6 nitrogen and oxygen atoms in total. The molecule has 0 aliphatic rings. The van der Waals surface area contributed by atoms with E-state index >= 15 is 0 Å². The van der Waals surface area contributed by atoms with Crippen LogP contribution in [0.15, 0.2) is 81.1 Å². The van der Waals surface area contributed by atoms with Crippen LogP contribution in [0.5, 0.6) is 5.75 Å². The van der Waals surface area contributed by atoms with E-state index < -0.39 is 0 Å². The van der Waals surface area contributed by atoms with E-state index in [0.717, 1.165) is 5.56 Å². The van der Waals surface area contributed by atoms with Crippen LogP contribution in [0, 0.1) is 11.3 Å².